The molecule has 1 N–H and O–H groups in total. The lowest BCUT2D eigenvalue weighted by Gasteiger charge is -1.90. The second kappa shape index (κ2) is 13.3. The van der Waals surface area contributed by atoms with Crippen molar-refractivity contribution in [2.24, 2.45) is 0 Å². The molecule has 0 aliphatic carbocycles. The highest BCUT2D eigenvalue weighted by atomic mass is 16.5. The molecule has 74 valence electrons. The van der Waals surface area contributed by atoms with Crippen LogP contribution in [0.25, 0.3) is 0 Å². The number of ether oxygens (including phenoxy) is 1. The summed E-state index contributed by atoms with van der Waals surface area (Å²) in [5.74, 6) is -0.329. The summed E-state index contributed by atoms with van der Waals surface area (Å²) >= 11 is 0. The van der Waals surface area contributed by atoms with Crippen molar-refractivity contribution in [1.29, 1.82) is 0 Å². The maximum Gasteiger partial charge on any atom is 0.307 e. The summed E-state index contributed by atoms with van der Waals surface area (Å²) in [7, 11) is 0. The lowest BCUT2D eigenvalue weighted by atomic mass is 10.5. The summed E-state index contributed by atoms with van der Waals surface area (Å²) in [4.78, 5) is 9.75. The molecule has 3 nitrogen and oxygen atoms in total. The Hall–Kier alpha value is -1.35. The van der Waals surface area contributed by atoms with E-state index in [4.69, 9.17) is 0 Å². The molecule has 0 aromatic carbocycles. The molecule has 0 aliphatic heterocycles. The Kier molecular flexibility index (Phi) is 14.5. The average Bonchev–Trinajstić information content (AvgIpc) is 2.06. The highest BCUT2D eigenvalue weighted by molar-refractivity contribution is 5.66. The summed E-state index contributed by atoms with van der Waals surface area (Å²) in [6, 6.07) is 0. The van der Waals surface area contributed by atoms with Crippen LogP contribution in [0.5, 0.6) is 0 Å². The van der Waals surface area contributed by atoms with Gasteiger partial charge < -0.3 is 10.1 Å². The molecule has 3 heteroatoms. The number of nitrogens with one attached hydrogen (secondary N) is 1. The first-order valence-corrected chi connectivity index (χ1v) is 3.89. The van der Waals surface area contributed by atoms with Crippen molar-refractivity contribution in [2.45, 2.75) is 6.92 Å². The van der Waals surface area contributed by atoms with Gasteiger partial charge in [0.25, 0.3) is 0 Å². The number of carbonyl (C=O) groups excluding carboxylic acids is 1. The summed E-state index contributed by atoms with van der Waals surface area (Å²) in [5, 5.41) is 3.05. The molecule has 0 aromatic heterocycles. The van der Waals surface area contributed by atoms with Gasteiger partial charge in [-0.25, -0.2) is 0 Å². The third-order valence-corrected chi connectivity index (χ3v) is 0.827. The van der Waals surface area contributed by atoms with Crippen LogP contribution < -0.4 is 5.32 Å². The molecular weight excluding hydrogens is 166 g/mol. The number of hydrogen-bond donors (Lipinski definition) is 1. The molecule has 0 saturated carbocycles. The molecule has 0 radical (unpaired) electrons. The number of rotatable bonds is 5. The van der Waals surface area contributed by atoms with Crippen molar-refractivity contribution in [3.8, 4) is 0 Å². The van der Waals surface area contributed by atoms with Crippen molar-refractivity contribution < 1.29 is 9.53 Å². The zero-order chi connectivity index (χ0) is 10.5. The van der Waals surface area contributed by atoms with Crippen LogP contribution in [0.15, 0.2) is 38.2 Å². The largest absolute Gasteiger partial charge is 0.435 e. The molecular formula is C10H17NO2. The van der Waals surface area contributed by atoms with E-state index in [2.05, 4.69) is 29.8 Å². The topological polar surface area (TPSA) is 38.3 Å². The minimum absolute atomic E-state index is 0.329. The maximum absolute atomic E-state index is 9.75. The highest BCUT2D eigenvalue weighted by Gasteiger charge is 1.79. The first-order chi connectivity index (χ1) is 6.18. The quantitative estimate of drug-likeness (QED) is 0.305. The predicted molar refractivity (Wildman–Crippen MR) is 55.2 cm³/mol. The van der Waals surface area contributed by atoms with Gasteiger partial charge in [-0.3, -0.25) is 4.79 Å². The third kappa shape index (κ3) is 25.0. The minimum atomic E-state index is -0.329. The SMILES string of the molecule is C=CCNCC=C.C=COC(C)=O. The maximum atomic E-state index is 9.75. The van der Waals surface area contributed by atoms with Crippen LogP contribution in [0.3, 0.4) is 0 Å². The Bertz CT molecular complexity index is 156. The molecule has 0 rings (SSSR count). The summed E-state index contributed by atoms with van der Waals surface area (Å²) in [6.45, 7) is 13.3. The van der Waals surface area contributed by atoms with Gasteiger partial charge in [-0.1, -0.05) is 18.7 Å². The van der Waals surface area contributed by atoms with E-state index in [-0.39, 0.29) is 5.97 Å². The zero-order valence-electron chi connectivity index (χ0n) is 8.08. The first-order valence-electron chi connectivity index (χ1n) is 3.89. The molecule has 0 amide bonds. The summed E-state index contributed by atoms with van der Waals surface area (Å²) in [6.07, 6.45) is 4.75. The van der Waals surface area contributed by atoms with Gasteiger partial charge in [-0.2, -0.15) is 0 Å². The number of carbonyl (C=O) groups is 1. The monoisotopic (exact) mass is 183 g/mol. The lowest BCUT2D eigenvalue weighted by molar-refractivity contribution is -0.135. The standard InChI is InChI=1S/C6H11N.C4H6O2/c1-3-5-7-6-4-2;1-3-6-4(2)5/h3-4,7H,1-2,5-6H2;3H,1H2,2H3. The molecule has 0 unspecified atom stereocenters. The zero-order valence-corrected chi connectivity index (χ0v) is 8.08. The number of hydrogen-bond acceptors (Lipinski definition) is 3. The van der Waals surface area contributed by atoms with Crippen molar-refractivity contribution in [3.05, 3.63) is 38.2 Å². The van der Waals surface area contributed by atoms with E-state index < -0.39 is 0 Å². The fourth-order valence-corrected chi connectivity index (χ4v) is 0.405. The molecule has 0 aromatic rings. The normalized spacial score (nSPS) is 7.46. The van der Waals surface area contributed by atoms with Crippen LogP contribution >= 0.6 is 0 Å². The van der Waals surface area contributed by atoms with E-state index in [0.717, 1.165) is 19.4 Å². The van der Waals surface area contributed by atoms with E-state index in [1.165, 1.54) is 6.92 Å². The Morgan fingerprint density at radius 2 is 1.77 bits per heavy atom. The van der Waals surface area contributed by atoms with Crippen molar-refractivity contribution in [1.82, 2.24) is 5.32 Å². The van der Waals surface area contributed by atoms with Crippen LogP contribution in [0, 0.1) is 0 Å². The molecule has 13 heavy (non-hydrogen) atoms. The minimum Gasteiger partial charge on any atom is -0.435 e. The molecule has 0 bridgehead atoms. The van der Waals surface area contributed by atoms with E-state index in [1.54, 1.807) is 0 Å². The second-order valence-electron chi connectivity index (χ2n) is 2.01. The summed E-state index contributed by atoms with van der Waals surface area (Å²) in [5.41, 5.74) is 0. The molecule has 0 atom stereocenters. The Morgan fingerprint density at radius 1 is 1.31 bits per heavy atom. The van der Waals surface area contributed by atoms with Gasteiger partial charge >= 0.3 is 5.97 Å². The molecule has 0 saturated heterocycles. The van der Waals surface area contributed by atoms with Gasteiger partial charge in [0.1, 0.15) is 0 Å². The smallest absolute Gasteiger partial charge is 0.307 e. The van der Waals surface area contributed by atoms with E-state index in [0.29, 0.717) is 0 Å². The van der Waals surface area contributed by atoms with Gasteiger partial charge in [0.2, 0.25) is 0 Å². The Morgan fingerprint density at radius 3 is 1.92 bits per heavy atom. The Labute approximate surface area is 79.8 Å². The van der Waals surface area contributed by atoms with Crippen LogP contribution in [-0.2, 0) is 9.53 Å². The third-order valence-electron chi connectivity index (χ3n) is 0.827. The van der Waals surface area contributed by atoms with E-state index in [9.17, 15) is 4.79 Å². The van der Waals surface area contributed by atoms with Crippen molar-refractivity contribution in [2.75, 3.05) is 13.1 Å². The first kappa shape index (κ1) is 14.2. The molecule has 0 aliphatic rings. The fourth-order valence-electron chi connectivity index (χ4n) is 0.405. The fraction of sp³-hybridized carbons (Fsp3) is 0.300. The van der Waals surface area contributed by atoms with Crippen LogP contribution in [-0.4, -0.2) is 19.1 Å². The highest BCUT2D eigenvalue weighted by Crippen LogP contribution is 1.70. The van der Waals surface area contributed by atoms with Crippen LogP contribution in [0.2, 0.25) is 0 Å². The summed E-state index contributed by atoms with van der Waals surface area (Å²) < 4.78 is 4.17. The van der Waals surface area contributed by atoms with Gasteiger partial charge in [-0.15, -0.1) is 13.2 Å². The number of esters is 1. The van der Waals surface area contributed by atoms with Gasteiger partial charge in [-0.05, 0) is 0 Å². The Balaban J connectivity index is 0. The van der Waals surface area contributed by atoms with Gasteiger partial charge in [0.15, 0.2) is 0 Å². The average molecular weight is 183 g/mol. The molecule has 0 heterocycles. The van der Waals surface area contributed by atoms with Crippen LogP contribution in [0.1, 0.15) is 6.92 Å². The van der Waals surface area contributed by atoms with E-state index >= 15 is 0 Å². The van der Waals surface area contributed by atoms with E-state index in [1.807, 2.05) is 12.2 Å². The van der Waals surface area contributed by atoms with Gasteiger partial charge in [0, 0.05) is 20.0 Å². The van der Waals surface area contributed by atoms with Gasteiger partial charge in [0.05, 0.1) is 6.26 Å². The molecule has 0 fully saturated rings. The molecule has 0 spiro atoms. The van der Waals surface area contributed by atoms with Crippen LogP contribution in [0.4, 0.5) is 0 Å². The van der Waals surface area contributed by atoms with Crippen molar-refractivity contribution in [3.63, 3.8) is 0 Å². The lowest BCUT2D eigenvalue weighted by Crippen LogP contribution is -2.11. The second-order valence-corrected chi connectivity index (χ2v) is 2.01. The predicted octanol–water partition coefficient (Wildman–Crippen LogP) is 1.64. The van der Waals surface area contributed by atoms with Crippen molar-refractivity contribution >= 4 is 5.97 Å².